The Morgan fingerprint density at radius 2 is 1.90 bits per heavy atom. The third-order valence-electron chi connectivity index (χ3n) is 3.34. The maximum absolute atomic E-state index is 11.9. The van der Waals surface area contributed by atoms with Gasteiger partial charge in [-0.1, -0.05) is 25.0 Å². The fourth-order valence-electron chi connectivity index (χ4n) is 2.24. The predicted octanol–water partition coefficient (Wildman–Crippen LogP) is 1.24. The fraction of sp³-hybridized carbons (Fsp3) is 0.400. The van der Waals surface area contributed by atoms with E-state index in [0.29, 0.717) is 18.7 Å². The molecule has 112 valence electrons. The van der Waals surface area contributed by atoms with Crippen molar-refractivity contribution in [1.29, 1.82) is 0 Å². The Morgan fingerprint density at radius 1 is 1.19 bits per heavy atom. The minimum Gasteiger partial charge on any atom is -0.508 e. The molecule has 2 rings (SSSR count). The molecule has 2 N–H and O–H groups in total. The van der Waals surface area contributed by atoms with Crippen LogP contribution in [0.4, 0.5) is 0 Å². The van der Waals surface area contributed by atoms with E-state index in [1.807, 2.05) is 0 Å². The lowest BCUT2D eigenvalue weighted by atomic mass is 10.2. The molecule has 0 saturated carbocycles. The molecule has 2 amide bonds. The zero-order valence-electron chi connectivity index (χ0n) is 11.8. The fourth-order valence-corrected chi connectivity index (χ4v) is 2.24. The smallest absolute Gasteiger partial charge is 0.329 e. The zero-order valence-corrected chi connectivity index (χ0v) is 11.8. The number of benzene rings is 1. The summed E-state index contributed by atoms with van der Waals surface area (Å²) in [6.07, 6.45) is 5.45. The molecule has 1 aromatic rings. The molecule has 1 aromatic carbocycles. The lowest BCUT2D eigenvalue weighted by molar-refractivity contribution is -0.145. The highest BCUT2D eigenvalue weighted by molar-refractivity contribution is 6.35. The molecule has 21 heavy (non-hydrogen) atoms. The predicted molar refractivity (Wildman–Crippen MR) is 78.9 cm³/mol. The zero-order chi connectivity index (χ0) is 15.1. The molecule has 1 heterocycles. The maximum Gasteiger partial charge on any atom is 0.329 e. The molecule has 1 aliphatic rings. The summed E-state index contributed by atoms with van der Waals surface area (Å²) in [5.41, 5.74) is 2.86. The highest BCUT2D eigenvalue weighted by Crippen LogP contribution is 2.10. The van der Waals surface area contributed by atoms with E-state index in [0.717, 1.165) is 25.7 Å². The van der Waals surface area contributed by atoms with Crippen molar-refractivity contribution < 1.29 is 14.7 Å². The monoisotopic (exact) mass is 289 g/mol. The number of nitrogens with one attached hydrogen (secondary N) is 1. The van der Waals surface area contributed by atoms with Crippen LogP contribution in [0.3, 0.4) is 0 Å². The summed E-state index contributed by atoms with van der Waals surface area (Å²) < 4.78 is 0. The van der Waals surface area contributed by atoms with Gasteiger partial charge in [0.15, 0.2) is 0 Å². The van der Waals surface area contributed by atoms with Crippen LogP contribution in [-0.2, 0) is 9.59 Å². The molecule has 0 unspecified atom stereocenters. The SMILES string of the molecule is O=C(N/N=C\c1cccc(O)c1)C(=O)N1CCCCCC1. The number of amides is 2. The van der Waals surface area contributed by atoms with E-state index >= 15 is 0 Å². The number of carbonyl (C=O) groups is 2. The summed E-state index contributed by atoms with van der Waals surface area (Å²) >= 11 is 0. The van der Waals surface area contributed by atoms with E-state index < -0.39 is 11.8 Å². The molecule has 6 nitrogen and oxygen atoms in total. The van der Waals surface area contributed by atoms with Crippen LogP contribution in [0.1, 0.15) is 31.2 Å². The topological polar surface area (TPSA) is 82.0 Å². The third kappa shape index (κ3) is 4.59. The first kappa shape index (κ1) is 15.0. The van der Waals surface area contributed by atoms with Gasteiger partial charge in [0.1, 0.15) is 5.75 Å². The van der Waals surface area contributed by atoms with Gasteiger partial charge >= 0.3 is 11.8 Å². The van der Waals surface area contributed by atoms with Crippen molar-refractivity contribution in [2.24, 2.45) is 5.10 Å². The van der Waals surface area contributed by atoms with Crippen LogP contribution >= 0.6 is 0 Å². The molecule has 0 radical (unpaired) electrons. The molecule has 1 fully saturated rings. The Labute approximate surface area is 123 Å². The van der Waals surface area contributed by atoms with Crippen molar-refractivity contribution in [3.63, 3.8) is 0 Å². The van der Waals surface area contributed by atoms with E-state index in [1.54, 1.807) is 23.1 Å². The molecule has 0 spiro atoms. The molecule has 0 aromatic heterocycles. The normalized spacial score (nSPS) is 15.7. The summed E-state index contributed by atoms with van der Waals surface area (Å²) in [4.78, 5) is 25.3. The van der Waals surface area contributed by atoms with Gasteiger partial charge in [-0.3, -0.25) is 9.59 Å². The highest BCUT2D eigenvalue weighted by atomic mass is 16.3. The molecule has 6 heteroatoms. The first-order valence-corrected chi connectivity index (χ1v) is 7.08. The van der Waals surface area contributed by atoms with Gasteiger partial charge in [-0.05, 0) is 30.5 Å². The van der Waals surface area contributed by atoms with Crippen LogP contribution in [0.15, 0.2) is 29.4 Å². The van der Waals surface area contributed by atoms with Crippen LogP contribution in [0.5, 0.6) is 5.75 Å². The summed E-state index contributed by atoms with van der Waals surface area (Å²) in [7, 11) is 0. The molecule has 1 saturated heterocycles. The molecular formula is C15H19N3O3. The Bertz CT molecular complexity index is 535. The van der Waals surface area contributed by atoms with Gasteiger partial charge in [0.25, 0.3) is 0 Å². The van der Waals surface area contributed by atoms with Crippen LogP contribution in [0.2, 0.25) is 0 Å². The summed E-state index contributed by atoms with van der Waals surface area (Å²) in [5, 5.41) is 13.0. The quantitative estimate of drug-likeness (QED) is 0.488. The van der Waals surface area contributed by atoms with Gasteiger partial charge < -0.3 is 10.0 Å². The number of aromatic hydroxyl groups is 1. The second-order valence-corrected chi connectivity index (χ2v) is 5.00. The van der Waals surface area contributed by atoms with Crippen molar-refractivity contribution in [2.45, 2.75) is 25.7 Å². The third-order valence-corrected chi connectivity index (χ3v) is 3.34. The van der Waals surface area contributed by atoms with Crippen molar-refractivity contribution in [3.05, 3.63) is 29.8 Å². The van der Waals surface area contributed by atoms with Gasteiger partial charge in [-0.25, -0.2) is 5.43 Å². The lowest BCUT2D eigenvalue weighted by Crippen LogP contribution is -2.41. The number of nitrogens with zero attached hydrogens (tertiary/aromatic N) is 2. The molecule has 0 atom stereocenters. The first-order valence-electron chi connectivity index (χ1n) is 7.08. The standard InChI is InChI=1S/C15H19N3O3/c19-13-7-5-6-12(10-13)11-16-17-14(20)15(21)18-8-3-1-2-4-9-18/h5-7,10-11,19H,1-4,8-9H2,(H,17,20)/b16-11-. The average molecular weight is 289 g/mol. The lowest BCUT2D eigenvalue weighted by Gasteiger charge is -2.18. The maximum atomic E-state index is 11.9. The van der Waals surface area contributed by atoms with Crippen molar-refractivity contribution >= 4 is 18.0 Å². The van der Waals surface area contributed by atoms with Gasteiger partial charge in [0, 0.05) is 13.1 Å². The summed E-state index contributed by atoms with van der Waals surface area (Å²) in [6, 6.07) is 6.44. The number of hydrogen-bond acceptors (Lipinski definition) is 4. The number of phenols is 1. The van der Waals surface area contributed by atoms with E-state index in [-0.39, 0.29) is 5.75 Å². The number of hydrazone groups is 1. The van der Waals surface area contributed by atoms with Crippen LogP contribution in [0, 0.1) is 0 Å². The Balaban J connectivity index is 1.87. The minimum absolute atomic E-state index is 0.117. The number of hydrogen-bond donors (Lipinski definition) is 2. The van der Waals surface area contributed by atoms with Gasteiger partial charge in [-0.2, -0.15) is 5.10 Å². The van der Waals surface area contributed by atoms with Gasteiger partial charge in [0.05, 0.1) is 6.21 Å². The molecule has 1 aliphatic heterocycles. The van der Waals surface area contributed by atoms with E-state index in [1.165, 1.54) is 12.3 Å². The molecule has 0 bridgehead atoms. The van der Waals surface area contributed by atoms with E-state index in [2.05, 4.69) is 10.5 Å². The van der Waals surface area contributed by atoms with Crippen LogP contribution < -0.4 is 5.43 Å². The average Bonchev–Trinajstić information content (AvgIpc) is 2.75. The Kier molecular flexibility index (Phi) is 5.31. The van der Waals surface area contributed by atoms with E-state index in [9.17, 15) is 14.7 Å². The van der Waals surface area contributed by atoms with Gasteiger partial charge in [-0.15, -0.1) is 0 Å². The number of rotatable bonds is 2. The number of likely N-dealkylation sites (tertiary alicyclic amines) is 1. The molecule has 0 aliphatic carbocycles. The summed E-state index contributed by atoms with van der Waals surface area (Å²) in [5.74, 6) is -1.15. The van der Waals surface area contributed by atoms with Crippen LogP contribution in [-0.4, -0.2) is 41.1 Å². The summed E-state index contributed by atoms with van der Waals surface area (Å²) in [6.45, 7) is 1.26. The van der Waals surface area contributed by atoms with Crippen molar-refractivity contribution in [1.82, 2.24) is 10.3 Å². The first-order chi connectivity index (χ1) is 10.2. The molecular weight excluding hydrogens is 270 g/mol. The number of carbonyl (C=O) groups excluding carboxylic acids is 2. The van der Waals surface area contributed by atoms with E-state index in [4.69, 9.17) is 0 Å². The van der Waals surface area contributed by atoms with Crippen LogP contribution in [0.25, 0.3) is 0 Å². The van der Waals surface area contributed by atoms with Gasteiger partial charge in [0.2, 0.25) is 0 Å². The second-order valence-electron chi connectivity index (χ2n) is 5.00. The Hall–Kier alpha value is -2.37. The second kappa shape index (κ2) is 7.42. The Morgan fingerprint density at radius 3 is 2.57 bits per heavy atom. The van der Waals surface area contributed by atoms with Crippen molar-refractivity contribution in [2.75, 3.05) is 13.1 Å². The largest absolute Gasteiger partial charge is 0.508 e. The highest BCUT2D eigenvalue weighted by Gasteiger charge is 2.21. The van der Waals surface area contributed by atoms with Crippen molar-refractivity contribution in [3.8, 4) is 5.75 Å². The minimum atomic E-state index is -0.728. The number of phenolic OH excluding ortho intramolecular Hbond substituents is 1.